The molecule has 0 fully saturated rings. The molecule has 4 aromatic carbocycles. The van der Waals surface area contributed by atoms with Gasteiger partial charge in [0, 0.05) is 34.2 Å². The van der Waals surface area contributed by atoms with Gasteiger partial charge in [0.2, 0.25) is 0 Å². The standard InChI is InChI=1S/C17H16N2O2.C16H14N2O2/c1-11-4-2-7-15-16(11)14(17(21)19-15)9-18-13-6-3-5-12(8-13)10-20;19-10-11-4-3-5-12(8-11)17-9-14-13-6-1-2-7-15(13)18-16(14)20/h2-9,19-21H,10H2,1H3;1-9,18-20H,10H2. The summed E-state index contributed by atoms with van der Waals surface area (Å²) in [5.41, 5.74) is 7.27. The summed E-state index contributed by atoms with van der Waals surface area (Å²) in [5.74, 6) is 0.217. The van der Waals surface area contributed by atoms with Crippen LogP contribution in [0.25, 0.3) is 21.8 Å². The summed E-state index contributed by atoms with van der Waals surface area (Å²) in [7, 11) is 0. The maximum absolute atomic E-state index is 10.1. The summed E-state index contributed by atoms with van der Waals surface area (Å²) in [6.45, 7) is 1.97. The summed E-state index contributed by atoms with van der Waals surface area (Å²) < 4.78 is 0. The second-order valence-corrected chi connectivity index (χ2v) is 9.49. The van der Waals surface area contributed by atoms with E-state index in [2.05, 4.69) is 20.0 Å². The largest absolute Gasteiger partial charge is 0.494 e. The fraction of sp³-hybridized carbons (Fsp3) is 0.0909. The van der Waals surface area contributed by atoms with Gasteiger partial charge in [-0.25, -0.2) is 0 Å². The molecule has 0 aliphatic heterocycles. The summed E-state index contributed by atoms with van der Waals surface area (Å²) in [4.78, 5) is 14.6. The van der Waals surface area contributed by atoms with Gasteiger partial charge in [-0.05, 0) is 60.0 Å². The first kappa shape index (κ1) is 27.4. The molecular weight excluding hydrogens is 516 g/mol. The van der Waals surface area contributed by atoms with Crippen LogP contribution in [0.2, 0.25) is 0 Å². The van der Waals surface area contributed by atoms with Gasteiger partial charge in [0.25, 0.3) is 0 Å². The van der Waals surface area contributed by atoms with E-state index in [-0.39, 0.29) is 25.0 Å². The molecule has 0 amide bonds. The fourth-order valence-electron chi connectivity index (χ4n) is 4.60. The van der Waals surface area contributed by atoms with E-state index in [9.17, 15) is 10.2 Å². The minimum atomic E-state index is -0.0131. The highest BCUT2D eigenvalue weighted by molar-refractivity contribution is 6.04. The van der Waals surface area contributed by atoms with Gasteiger partial charge in [0.15, 0.2) is 11.8 Å². The number of aliphatic hydroxyl groups excluding tert-OH is 2. The van der Waals surface area contributed by atoms with Crippen molar-refractivity contribution in [2.45, 2.75) is 20.1 Å². The minimum Gasteiger partial charge on any atom is -0.494 e. The molecule has 0 atom stereocenters. The number of aromatic hydroxyl groups is 2. The quantitative estimate of drug-likeness (QED) is 0.132. The molecule has 206 valence electrons. The zero-order valence-corrected chi connectivity index (χ0v) is 22.4. The zero-order valence-electron chi connectivity index (χ0n) is 22.4. The lowest BCUT2D eigenvalue weighted by Gasteiger charge is -1.99. The number of aliphatic hydroxyl groups is 2. The predicted octanol–water partition coefficient (Wildman–Crippen LogP) is 6.54. The number of hydrogen-bond acceptors (Lipinski definition) is 6. The van der Waals surface area contributed by atoms with E-state index in [0.29, 0.717) is 11.1 Å². The van der Waals surface area contributed by atoms with Crippen LogP contribution in [0.3, 0.4) is 0 Å². The second kappa shape index (κ2) is 12.3. The third-order valence-corrected chi connectivity index (χ3v) is 6.65. The van der Waals surface area contributed by atoms with Gasteiger partial charge in [0.1, 0.15) is 0 Å². The van der Waals surface area contributed by atoms with Crippen molar-refractivity contribution >= 4 is 45.6 Å². The van der Waals surface area contributed by atoms with Crippen LogP contribution in [0.1, 0.15) is 27.8 Å². The van der Waals surface area contributed by atoms with Gasteiger partial charge >= 0.3 is 0 Å². The lowest BCUT2D eigenvalue weighted by atomic mass is 10.1. The monoisotopic (exact) mass is 546 g/mol. The van der Waals surface area contributed by atoms with E-state index in [0.717, 1.165) is 49.9 Å². The third-order valence-electron chi connectivity index (χ3n) is 6.65. The van der Waals surface area contributed by atoms with Gasteiger partial charge < -0.3 is 30.4 Å². The summed E-state index contributed by atoms with van der Waals surface area (Å²) in [5, 5.41) is 40.1. The molecule has 6 rings (SSSR count). The molecule has 8 nitrogen and oxygen atoms in total. The Bertz CT molecular complexity index is 1870. The van der Waals surface area contributed by atoms with Crippen LogP contribution in [0.15, 0.2) is 101 Å². The number of aryl methyl sites for hydroxylation is 1. The van der Waals surface area contributed by atoms with Gasteiger partial charge in [-0.3, -0.25) is 9.98 Å². The molecule has 0 unspecified atom stereocenters. The van der Waals surface area contributed by atoms with Crippen molar-refractivity contribution in [1.29, 1.82) is 0 Å². The molecule has 0 bridgehead atoms. The number of benzene rings is 4. The first-order valence-electron chi connectivity index (χ1n) is 13.0. The highest BCUT2D eigenvalue weighted by Crippen LogP contribution is 2.29. The number of aromatic amines is 2. The van der Waals surface area contributed by atoms with Crippen LogP contribution >= 0.6 is 0 Å². The normalized spacial score (nSPS) is 11.5. The first-order valence-corrected chi connectivity index (χ1v) is 13.0. The number of rotatable bonds is 6. The molecule has 0 saturated carbocycles. The Labute approximate surface area is 236 Å². The fourth-order valence-corrected chi connectivity index (χ4v) is 4.60. The van der Waals surface area contributed by atoms with Gasteiger partial charge in [-0.1, -0.05) is 54.6 Å². The van der Waals surface area contributed by atoms with Gasteiger partial charge in [0.05, 0.1) is 35.7 Å². The summed E-state index contributed by atoms with van der Waals surface area (Å²) >= 11 is 0. The van der Waals surface area contributed by atoms with Crippen LogP contribution in [0.4, 0.5) is 11.4 Å². The highest BCUT2D eigenvalue weighted by Gasteiger charge is 2.11. The van der Waals surface area contributed by atoms with E-state index in [4.69, 9.17) is 10.2 Å². The van der Waals surface area contributed by atoms with Crippen molar-refractivity contribution in [2.24, 2.45) is 9.98 Å². The third kappa shape index (κ3) is 6.19. The number of aromatic nitrogens is 2. The molecular formula is C33H30N4O4. The Balaban J connectivity index is 0.000000165. The van der Waals surface area contributed by atoms with Crippen LogP contribution in [-0.2, 0) is 13.2 Å². The number of nitrogens with zero attached hydrogens (tertiary/aromatic N) is 2. The van der Waals surface area contributed by atoms with E-state index >= 15 is 0 Å². The summed E-state index contributed by atoms with van der Waals surface area (Å²) in [6, 6.07) is 28.2. The Morgan fingerprint density at radius 1 is 0.634 bits per heavy atom. The van der Waals surface area contributed by atoms with Crippen molar-refractivity contribution < 1.29 is 20.4 Å². The summed E-state index contributed by atoms with van der Waals surface area (Å²) in [6.07, 6.45) is 3.28. The molecule has 2 heterocycles. The van der Waals surface area contributed by atoms with E-state index < -0.39 is 0 Å². The van der Waals surface area contributed by atoms with Crippen LogP contribution in [0.5, 0.6) is 11.8 Å². The minimum absolute atomic E-state index is 0.0122. The van der Waals surface area contributed by atoms with E-state index in [1.54, 1.807) is 12.4 Å². The predicted molar refractivity (Wildman–Crippen MR) is 164 cm³/mol. The number of H-pyrrole nitrogens is 2. The van der Waals surface area contributed by atoms with Crippen LogP contribution < -0.4 is 0 Å². The topological polar surface area (TPSA) is 137 Å². The van der Waals surface area contributed by atoms with Crippen molar-refractivity contribution in [3.05, 3.63) is 119 Å². The van der Waals surface area contributed by atoms with Gasteiger partial charge in [-0.15, -0.1) is 0 Å². The van der Waals surface area contributed by atoms with E-state index in [1.165, 1.54) is 0 Å². The number of fused-ring (bicyclic) bond motifs is 2. The first-order chi connectivity index (χ1) is 20.0. The number of para-hydroxylation sites is 1. The van der Waals surface area contributed by atoms with Crippen molar-refractivity contribution in [2.75, 3.05) is 0 Å². The van der Waals surface area contributed by atoms with Gasteiger partial charge in [-0.2, -0.15) is 0 Å². The van der Waals surface area contributed by atoms with Crippen LogP contribution in [-0.4, -0.2) is 42.8 Å². The van der Waals surface area contributed by atoms with E-state index in [1.807, 2.05) is 97.9 Å². The van der Waals surface area contributed by atoms with Crippen molar-refractivity contribution in [3.63, 3.8) is 0 Å². The highest BCUT2D eigenvalue weighted by atomic mass is 16.3. The molecule has 6 N–H and O–H groups in total. The Hall–Kier alpha value is -5.18. The number of aliphatic imine (C=N–C) groups is 2. The van der Waals surface area contributed by atoms with Crippen molar-refractivity contribution in [1.82, 2.24) is 9.97 Å². The molecule has 0 aliphatic carbocycles. The molecule has 0 saturated heterocycles. The Morgan fingerprint density at radius 3 is 1.83 bits per heavy atom. The lowest BCUT2D eigenvalue weighted by molar-refractivity contribution is 0.281. The SMILES string of the molecule is Cc1cccc2[nH]c(O)c(C=Nc3cccc(CO)c3)c12.OCc1cccc(N=Cc2c(O)[nH]c3ccccc23)c1. The maximum atomic E-state index is 10.1. The molecule has 0 radical (unpaired) electrons. The lowest BCUT2D eigenvalue weighted by Crippen LogP contribution is -1.83. The number of nitrogens with one attached hydrogen (secondary N) is 2. The second-order valence-electron chi connectivity index (χ2n) is 9.49. The Morgan fingerprint density at radius 2 is 1.17 bits per heavy atom. The zero-order chi connectivity index (χ0) is 28.8. The molecule has 6 aromatic rings. The Kier molecular flexibility index (Phi) is 8.24. The molecule has 2 aromatic heterocycles. The van der Waals surface area contributed by atoms with Crippen molar-refractivity contribution in [3.8, 4) is 11.8 Å². The average molecular weight is 547 g/mol. The smallest absolute Gasteiger partial charge is 0.198 e. The average Bonchev–Trinajstić information content (AvgIpc) is 3.50. The molecule has 0 spiro atoms. The molecule has 41 heavy (non-hydrogen) atoms. The maximum Gasteiger partial charge on any atom is 0.198 e. The molecule has 0 aliphatic rings. The van der Waals surface area contributed by atoms with Crippen LogP contribution in [0, 0.1) is 6.92 Å². The number of hydrogen-bond donors (Lipinski definition) is 6. The molecule has 8 heteroatoms.